The third kappa shape index (κ3) is 3.32. The fourth-order valence-corrected chi connectivity index (χ4v) is 4.61. The van der Waals surface area contributed by atoms with E-state index in [-0.39, 0.29) is 5.70 Å². The molecule has 1 heterocycles. The van der Waals surface area contributed by atoms with Crippen LogP contribution in [-0.4, -0.2) is 24.0 Å². The van der Waals surface area contributed by atoms with Crippen LogP contribution < -0.4 is 0 Å². The SMILES string of the molecule is CC(C)=C1[C@@H]2C(F)C2C(c2ccccc2)=C(c2c(F)cc(C)cc2F)N1CC(F)F. The van der Waals surface area contributed by atoms with Crippen molar-refractivity contribution in [3.63, 3.8) is 0 Å². The maximum Gasteiger partial charge on any atom is 0.256 e. The molecule has 0 amide bonds. The molecule has 0 radical (unpaired) electrons. The standard InChI is InChI=1S/C24H22F5N/c1-12(2)23-21-20(22(21)29)18(14-7-5-4-6-8-14)24(30(23)11-17(27)28)19-15(25)9-13(3)10-16(19)26/h4-10,17,20-22H,11H2,1-3H3/t20?,21-,22?/m0/s1. The summed E-state index contributed by atoms with van der Waals surface area (Å²) in [6.07, 6.45) is -4.06. The van der Waals surface area contributed by atoms with E-state index in [0.717, 1.165) is 0 Å². The summed E-state index contributed by atoms with van der Waals surface area (Å²) < 4.78 is 72.4. The highest BCUT2D eigenvalue weighted by atomic mass is 19.3. The van der Waals surface area contributed by atoms with Crippen LogP contribution in [0.5, 0.6) is 0 Å². The number of aryl methyl sites for hydroxylation is 1. The van der Waals surface area contributed by atoms with E-state index in [1.54, 1.807) is 51.1 Å². The molecule has 30 heavy (non-hydrogen) atoms. The first-order valence-corrected chi connectivity index (χ1v) is 9.85. The van der Waals surface area contributed by atoms with E-state index < -0.39 is 48.2 Å². The van der Waals surface area contributed by atoms with E-state index >= 15 is 13.2 Å². The Hall–Kier alpha value is -2.63. The van der Waals surface area contributed by atoms with Crippen molar-refractivity contribution in [1.29, 1.82) is 0 Å². The van der Waals surface area contributed by atoms with Gasteiger partial charge in [-0.2, -0.15) is 0 Å². The average molecular weight is 419 g/mol. The van der Waals surface area contributed by atoms with Crippen molar-refractivity contribution >= 4 is 11.3 Å². The Kier molecular flexibility index (Phi) is 5.20. The lowest BCUT2D eigenvalue weighted by Gasteiger charge is -2.37. The number of nitrogens with zero attached hydrogens (tertiary/aromatic N) is 1. The van der Waals surface area contributed by atoms with E-state index in [1.165, 1.54) is 17.0 Å². The van der Waals surface area contributed by atoms with Gasteiger partial charge in [-0.3, -0.25) is 0 Å². The zero-order valence-corrected chi connectivity index (χ0v) is 16.9. The highest BCUT2D eigenvalue weighted by Crippen LogP contribution is 2.62. The van der Waals surface area contributed by atoms with E-state index in [9.17, 15) is 8.78 Å². The van der Waals surface area contributed by atoms with Crippen molar-refractivity contribution < 1.29 is 22.0 Å². The zero-order chi connectivity index (χ0) is 21.7. The fraction of sp³-hybridized carbons (Fsp3) is 0.333. The number of hydrogen-bond acceptors (Lipinski definition) is 1. The first kappa shape index (κ1) is 20.6. The minimum atomic E-state index is -2.77. The number of rotatable bonds is 4. The molecular formula is C24H22F5N. The predicted octanol–water partition coefficient (Wildman–Crippen LogP) is 6.60. The highest BCUT2D eigenvalue weighted by Gasteiger charge is 2.61. The largest absolute Gasteiger partial charge is 0.338 e. The van der Waals surface area contributed by atoms with Crippen molar-refractivity contribution in [2.75, 3.05) is 6.54 Å². The Labute approximate surface area is 172 Å². The molecule has 1 fully saturated rings. The molecule has 1 nitrogen and oxygen atoms in total. The van der Waals surface area contributed by atoms with Crippen LogP contribution >= 0.6 is 0 Å². The number of fused-ring (bicyclic) bond motifs is 1. The van der Waals surface area contributed by atoms with Crippen molar-refractivity contribution in [1.82, 2.24) is 4.90 Å². The van der Waals surface area contributed by atoms with E-state index in [2.05, 4.69) is 0 Å². The van der Waals surface area contributed by atoms with Crippen molar-refractivity contribution in [3.8, 4) is 0 Å². The van der Waals surface area contributed by atoms with Gasteiger partial charge in [-0.15, -0.1) is 0 Å². The molecule has 2 aromatic carbocycles. The molecule has 0 bridgehead atoms. The molecule has 4 rings (SSSR count). The van der Waals surface area contributed by atoms with Crippen molar-refractivity contribution in [3.05, 3.63) is 82.1 Å². The lowest BCUT2D eigenvalue weighted by Crippen LogP contribution is -2.33. The summed E-state index contributed by atoms with van der Waals surface area (Å²) in [5.74, 6) is -2.92. The molecule has 0 saturated heterocycles. The average Bonchev–Trinajstić information content (AvgIpc) is 3.31. The van der Waals surface area contributed by atoms with Gasteiger partial charge < -0.3 is 4.90 Å². The highest BCUT2D eigenvalue weighted by molar-refractivity contribution is 5.95. The number of alkyl halides is 3. The summed E-state index contributed by atoms with van der Waals surface area (Å²) in [5.41, 5.74) is 1.98. The smallest absolute Gasteiger partial charge is 0.256 e. The summed E-state index contributed by atoms with van der Waals surface area (Å²) >= 11 is 0. The van der Waals surface area contributed by atoms with Gasteiger partial charge in [0.05, 0.1) is 17.8 Å². The zero-order valence-electron chi connectivity index (χ0n) is 16.9. The molecule has 6 heteroatoms. The minimum Gasteiger partial charge on any atom is -0.338 e. The van der Waals surface area contributed by atoms with Crippen molar-refractivity contribution in [2.24, 2.45) is 11.8 Å². The molecule has 158 valence electrons. The van der Waals surface area contributed by atoms with Gasteiger partial charge in [0.25, 0.3) is 6.43 Å². The van der Waals surface area contributed by atoms with Gasteiger partial charge in [0.2, 0.25) is 0 Å². The van der Waals surface area contributed by atoms with Gasteiger partial charge in [-0.25, -0.2) is 22.0 Å². The molecule has 1 aliphatic heterocycles. The van der Waals surface area contributed by atoms with Gasteiger partial charge in [-0.05, 0) is 49.6 Å². The molecule has 0 aromatic heterocycles. The second-order valence-corrected chi connectivity index (χ2v) is 8.11. The normalized spacial score (nSPS) is 23.2. The summed E-state index contributed by atoms with van der Waals surface area (Å²) in [6, 6.07) is 11.0. The van der Waals surface area contributed by atoms with Gasteiger partial charge in [0, 0.05) is 17.5 Å². The molecule has 0 spiro atoms. The van der Waals surface area contributed by atoms with Gasteiger partial charge in [0.1, 0.15) is 17.8 Å². The van der Waals surface area contributed by atoms with Gasteiger partial charge in [-0.1, -0.05) is 35.9 Å². The van der Waals surface area contributed by atoms with Crippen LogP contribution in [0.2, 0.25) is 0 Å². The lowest BCUT2D eigenvalue weighted by atomic mass is 9.88. The van der Waals surface area contributed by atoms with Gasteiger partial charge in [0.15, 0.2) is 0 Å². The Morgan fingerprint density at radius 2 is 1.60 bits per heavy atom. The maximum atomic E-state index is 15.1. The summed E-state index contributed by atoms with van der Waals surface area (Å²) in [5, 5.41) is 0. The lowest BCUT2D eigenvalue weighted by molar-refractivity contribution is 0.119. The molecule has 0 N–H and O–H groups in total. The number of halogens is 5. The maximum absolute atomic E-state index is 15.1. The molecule has 1 aliphatic carbocycles. The Morgan fingerprint density at radius 1 is 1.00 bits per heavy atom. The third-order valence-corrected chi connectivity index (χ3v) is 5.74. The second kappa shape index (κ2) is 7.56. The Bertz CT molecular complexity index is 1010. The van der Waals surface area contributed by atoms with Crippen LogP contribution in [0.3, 0.4) is 0 Å². The molecule has 3 atom stereocenters. The molecule has 2 unspecified atom stereocenters. The minimum absolute atomic E-state index is 0.00546. The monoisotopic (exact) mass is 419 g/mol. The van der Waals surface area contributed by atoms with E-state index in [1.807, 2.05) is 0 Å². The third-order valence-electron chi connectivity index (χ3n) is 5.74. The Morgan fingerprint density at radius 3 is 2.13 bits per heavy atom. The van der Waals surface area contributed by atoms with Crippen LogP contribution in [0.1, 0.15) is 30.5 Å². The fourth-order valence-electron chi connectivity index (χ4n) is 4.61. The number of benzene rings is 2. The van der Waals surface area contributed by atoms with Crippen LogP contribution in [0.15, 0.2) is 53.7 Å². The van der Waals surface area contributed by atoms with Crippen LogP contribution in [0.25, 0.3) is 11.3 Å². The van der Waals surface area contributed by atoms with E-state index in [0.29, 0.717) is 28.0 Å². The summed E-state index contributed by atoms with van der Waals surface area (Å²) in [4.78, 5) is 1.24. The van der Waals surface area contributed by atoms with Gasteiger partial charge >= 0.3 is 0 Å². The van der Waals surface area contributed by atoms with E-state index in [4.69, 9.17) is 0 Å². The number of hydrogen-bond donors (Lipinski definition) is 0. The quantitative estimate of drug-likeness (QED) is 0.505. The van der Waals surface area contributed by atoms with Crippen LogP contribution in [0.4, 0.5) is 22.0 Å². The summed E-state index contributed by atoms with van der Waals surface area (Å²) in [7, 11) is 0. The number of allylic oxidation sites excluding steroid dienone is 3. The summed E-state index contributed by atoms with van der Waals surface area (Å²) in [6.45, 7) is 4.21. The topological polar surface area (TPSA) is 3.24 Å². The molecular weight excluding hydrogens is 397 g/mol. The Balaban J connectivity index is 2.09. The molecule has 2 aromatic rings. The second-order valence-electron chi connectivity index (χ2n) is 8.11. The first-order valence-electron chi connectivity index (χ1n) is 9.85. The van der Waals surface area contributed by atoms with Crippen LogP contribution in [0, 0.1) is 30.4 Å². The first-order chi connectivity index (χ1) is 14.2. The molecule has 2 aliphatic rings. The van der Waals surface area contributed by atoms with Crippen LogP contribution in [-0.2, 0) is 0 Å². The predicted molar refractivity (Wildman–Crippen MR) is 107 cm³/mol. The van der Waals surface area contributed by atoms with Crippen molar-refractivity contribution in [2.45, 2.75) is 33.4 Å². The molecule has 1 saturated carbocycles.